The van der Waals surface area contributed by atoms with Crippen LogP contribution >= 0.6 is 11.3 Å². The molecule has 0 bridgehead atoms. The van der Waals surface area contributed by atoms with Gasteiger partial charge >= 0.3 is 6.03 Å². The number of anilines is 1. The van der Waals surface area contributed by atoms with Gasteiger partial charge in [-0.2, -0.15) is 0 Å². The van der Waals surface area contributed by atoms with Crippen molar-refractivity contribution in [3.63, 3.8) is 0 Å². The lowest BCUT2D eigenvalue weighted by atomic mass is 10.0. The highest BCUT2D eigenvalue weighted by atomic mass is 32.2. The molecule has 2 heterocycles. The molecule has 0 fully saturated rings. The zero-order chi connectivity index (χ0) is 22.6. The first kappa shape index (κ1) is 22.3. The Morgan fingerprint density at radius 1 is 1.32 bits per heavy atom. The second-order valence-corrected chi connectivity index (χ2v) is 11.6. The third-order valence-electron chi connectivity index (χ3n) is 5.70. The zero-order valence-electron chi connectivity index (χ0n) is 17.8. The van der Waals surface area contributed by atoms with Crippen LogP contribution in [0.25, 0.3) is 0 Å². The number of nitrogens with one attached hydrogen (secondary N) is 1. The van der Waals surface area contributed by atoms with Gasteiger partial charge in [0.15, 0.2) is 9.92 Å². The maximum atomic E-state index is 13.1. The van der Waals surface area contributed by atoms with Gasteiger partial charge in [-0.15, -0.1) is 15.7 Å². The van der Waals surface area contributed by atoms with Crippen LogP contribution in [0, 0.1) is 0 Å². The summed E-state index contributed by atoms with van der Waals surface area (Å²) in [5, 5.41) is 28.8. The number of hydrogen-bond acceptors (Lipinski definition) is 7. The second-order valence-electron chi connectivity index (χ2n) is 8.63. The van der Waals surface area contributed by atoms with E-state index in [0.29, 0.717) is 5.92 Å². The number of fused-ring (bicyclic) bond motifs is 2. The standard InChI is InChI=1S/C20H27N5O4S2/c1-10-7-8-12-15(10)22-13-6-4-5-11(13)16(12)24-19(27)25-31(21,29)17-14(9-26)23-18(30-17)20(2,3)28/h10,26,28H,4-9H2,1-3H3,(H3,21,22,24,25,27,29)/t10-,31?/m0/s1. The van der Waals surface area contributed by atoms with Crippen molar-refractivity contribution in [3.8, 4) is 0 Å². The Labute approximate surface area is 185 Å². The number of carbonyl (C=O) groups is 1. The number of hydrogen-bond donors (Lipinski definition) is 4. The van der Waals surface area contributed by atoms with E-state index in [9.17, 15) is 19.2 Å². The summed E-state index contributed by atoms with van der Waals surface area (Å²) in [5.41, 5.74) is 3.55. The van der Waals surface area contributed by atoms with Gasteiger partial charge in [-0.25, -0.2) is 19.1 Å². The minimum absolute atomic E-state index is 0.0129. The summed E-state index contributed by atoms with van der Waals surface area (Å²) in [4.78, 5) is 21.8. The topological polar surface area (TPSA) is 151 Å². The number of rotatable bonds is 4. The SMILES string of the molecule is C[C@H]1CCc2c1nc1c(c2NC(=O)N=S(N)(=O)c2sc(C(C)(C)O)nc2CO)CCC1. The number of aryl methyl sites for hydroxylation is 1. The van der Waals surface area contributed by atoms with E-state index in [1.54, 1.807) is 0 Å². The largest absolute Gasteiger partial charge is 0.390 e. The van der Waals surface area contributed by atoms with Crippen LogP contribution in [0.3, 0.4) is 0 Å². The fraction of sp³-hybridized carbons (Fsp3) is 0.550. The Morgan fingerprint density at radius 2 is 2.06 bits per heavy atom. The van der Waals surface area contributed by atoms with Crippen molar-refractivity contribution < 1.29 is 19.2 Å². The summed E-state index contributed by atoms with van der Waals surface area (Å²) >= 11 is 0.881. The van der Waals surface area contributed by atoms with Crippen LogP contribution < -0.4 is 10.5 Å². The van der Waals surface area contributed by atoms with Crippen molar-refractivity contribution in [3.05, 3.63) is 33.2 Å². The lowest BCUT2D eigenvalue weighted by Crippen LogP contribution is -2.19. The molecule has 0 aliphatic heterocycles. The maximum absolute atomic E-state index is 13.1. The van der Waals surface area contributed by atoms with E-state index in [2.05, 4.69) is 21.6 Å². The van der Waals surface area contributed by atoms with E-state index in [4.69, 9.17) is 10.1 Å². The summed E-state index contributed by atoms with van der Waals surface area (Å²) in [6.07, 6.45) is 4.48. The number of pyridine rings is 1. The Morgan fingerprint density at radius 3 is 2.74 bits per heavy atom. The molecule has 2 aliphatic carbocycles. The number of aliphatic hydroxyl groups is 2. The minimum Gasteiger partial charge on any atom is -0.390 e. The molecule has 5 N–H and O–H groups in total. The molecule has 2 aliphatic rings. The van der Waals surface area contributed by atoms with Gasteiger partial charge in [0.1, 0.15) is 14.8 Å². The molecular formula is C20H27N5O4S2. The highest BCUT2D eigenvalue weighted by Crippen LogP contribution is 2.41. The van der Waals surface area contributed by atoms with Crippen molar-refractivity contribution in [2.24, 2.45) is 9.50 Å². The average molecular weight is 466 g/mol. The smallest absolute Gasteiger partial charge is 0.354 e. The van der Waals surface area contributed by atoms with E-state index in [1.807, 2.05) is 0 Å². The number of nitrogens with two attached hydrogens (primary N) is 1. The third kappa shape index (κ3) is 4.12. The van der Waals surface area contributed by atoms with Crippen LogP contribution in [0.15, 0.2) is 8.57 Å². The van der Waals surface area contributed by atoms with Crippen LogP contribution in [0.1, 0.15) is 72.7 Å². The minimum atomic E-state index is -3.67. The maximum Gasteiger partial charge on any atom is 0.354 e. The quantitative estimate of drug-likeness (QED) is 0.545. The third-order valence-corrected chi connectivity index (χ3v) is 9.08. The molecule has 2 amide bonds. The van der Waals surface area contributed by atoms with E-state index in [0.717, 1.165) is 71.6 Å². The molecule has 1 unspecified atom stereocenters. The lowest BCUT2D eigenvalue weighted by molar-refractivity contribution is 0.0779. The molecule has 31 heavy (non-hydrogen) atoms. The fourth-order valence-corrected chi connectivity index (χ4v) is 6.63. The van der Waals surface area contributed by atoms with Crippen molar-refractivity contribution >= 4 is 33.0 Å². The van der Waals surface area contributed by atoms with Crippen LogP contribution in [-0.2, 0) is 41.4 Å². The average Bonchev–Trinajstić information content (AvgIpc) is 3.39. The van der Waals surface area contributed by atoms with Gasteiger partial charge < -0.3 is 15.5 Å². The number of carbonyl (C=O) groups excluding carboxylic acids is 1. The molecule has 11 heteroatoms. The molecule has 168 valence electrons. The number of thiazole rings is 1. The van der Waals surface area contributed by atoms with Crippen LogP contribution in [0.2, 0.25) is 0 Å². The van der Waals surface area contributed by atoms with E-state index < -0.39 is 28.2 Å². The summed E-state index contributed by atoms with van der Waals surface area (Å²) in [5.74, 6) is 0.330. The molecule has 0 saturated carbocycles. The van der Waals surface area contributed by atoms with Crippen LogP contribution in [-0.4, -0.2) is 30.4 Å². The number of aromatic nitrogens is 2. The molecule has 0 radical (unpaired) electrons. The number of urea groups is 1. The predicted octanol–water partition coefficient (Wildman–Crippen LogP) is 2.73. The van der Waals surface area contributed by atoms with Crippen molar-refractivity contribution in [1.82, 2.24) is 9.97 Å². The molecule has 0 aromatic carbocycles. The van der Waals surface area contributed by atoms with Crippen LogP contribution in [0.4, 0.5) is 10.5 Å². The Kier molecular flexibility index (Phi) is 5.67. The fourth-order valence-electron chi connectivity index (χ4n) is 4.17. The lowest BCUT2D eigenvalue weighted by Gasteiger charge is -2.15. The van der Waals surface area contributed by atoms with Gasteiger partial charge in [-0.3, -0.25) is 4.98 Å². The Bertz CT molecular complexity index is 1180. The van der Waals surface area contributed by atoms with Gasteiger partial charge in [0.05, 0.1) is 18.0 Å². The molecule has 4 rings (SSSR count). The van der Waals surface area contributed by atoms with Crippen LogP contribution in [0.5, 0.6) is 0 Å². The second kappa shape index (κ2) is 7.89. The number of aliphatic hydroxyl groups excluding tert-OH is 1. The molecule has 2 aromatic rings. The van der Waals surface area contributed by atoms with Gasteiger partial charge in [0.25, 0.3) is 0 Å². The summed E-state index contributed by atoms with van der Waals surface area (Å²) in [6, 6.07) is -0.809. The molecular weight excluding hydrogens is 438 g/mol. The monoisotopic (exact) mass is 465 g/mol. The summed E-state index contributed by atoms with van der Waals surface area (Å²) in [6.45, 7) is 4.63. The van der Waals surface area contributed by atoms with Gasteiger partial charge in [-0.1, -0.05) is 6.92 Å². The normalized spacial score (nSPS) is 19.6. The first-order valence-electron chi connectivity index (χ1n) is 10.2. The van der Waals surface area contributed by atoms with E-state index in [-0.39, 0.29) is 14.9 Å². The molecule has 0 spiro atoms. The van der Waals surface area contributed by atoms with Gasteiger partial charge in [0, 0.05) is 11.4 Å². The Balaban J connectivity index is 1.71. The Hall–Kier alpha value is -1.92. The zero-order valence-corrected chi connectivity index (χ0v) is 19.4. The molecule has 2 atom stereocenters. The van der Waals surface area contributed by atoms with Gasteiger partial charge in [0.2, 0.25) is 0 Å². The van der Waals surface area contributed by atoms with Crippen molar-refractivity contribution in [2.75, 3.05) is 5.32 Å². The van der Waals surface area contributed by atoms with E-state index >= 15 is 0 Å². The van der Waals surface area contributed by atoms with Crippen molar-refractivity contribution in [2.45, 2.75) is 75.2 Å². The van der Waals surface area contributed by atoms with Crippen molar-refractivity contribution in [1.29, 1.82) is 0 Å². The number of nitrogens with zero attached hydrogens (tertiary/aromatic N) is 3. The van der Waals surface area contributed by atoms with E-state index in [1.165, 1.54) is 13.8 Å². The molecule has 0 saturated heterocycles. The van der Waals surface area contributed by atoms with Gasteiger partial charge in [-0.05, 0) is 63.0 Å². The number of amides is 2. The highest BCUT2D eigenvalue weighted by Gasteiger charge is 2.31. The molecule has 2 aromatic heterocycles. The first-order chi connectivity index (χ1) is 14.5. The summed E-state index contributed by atoms with van der Waals surface area (Å²) < 4.78 is 16.9. The highest BCUT2D eigenvalue weighted by molar-refractivity contribution is 7.93. The summed E-state index contributed by atoms with van der Waals surface area (Å²) in [7, 11) is -3.67. The molecule has 9 nitrogen and oxygen atoms in total. The predicted molar refractivity (Wildman–Crippen MR) is 118 cm³/mol. The first-order valence-corrected chi connectivity index (χ1v) is 12.6.